The number of hydrogen-bond acceptors (Lipinski definition) is 6. The molecule has 1 amide bonds. The van der Waals surface area contributed by atoms with E-state index in [4.69, 9.17) is 4.52 Å². The van der Waals surface area contributed by atoms with Crippen LogP contribution < -0.4 is 5.32 Å². The lowest BCUT2D eigenvalue weighted by atomic mass is 10.0. The Labute approximate surface area is 208 Å². The molecule has 1 aromatic carbocycles. The summed E-state index contributed by atoms with van der Waals surface area (Å²) in [5.41, 5.74) is 0.0526. The summed E-state index contributed by atoms with van der Waals surface area (Å²) in [6, 6.07) is 5.44. The summed E-state index contributed by atoms with van der Waals surface area (Å²) >= 11 is 0. The number of anilines is 1. The SMILES string of the molecule is Cc1nc(Cc2ncc(-c3ccc(CC(=O)Nc4cc(C5(C(F)(F)F)CC5)on4)c(F)c3)cn2)cn1C. The number of rotatable bonds is 7. The zero-order valence-electron chi connectivity index (χ0n) is 19.9. The van der Waals surface area contributed by atoms with Gasteiger partial charge in [0.2, 0.25) is 5.91 Å². The maximum atomic E-state index is 14.8. The van der Waals surface area contributed by atoms with E-state index in [1.165, 1.54) is 12.1 Å². The number of alkyl halides is 3. The molecule has 12 heteroatoms. The first kappa shape index (κ1) is 24.6. The number of hydrogen-bond donors (Lipinski definition) is 1. The average Bonchev–Trinajstić information content (AvgIpc) is 3.44. The minimum atomic E-state index is -4.46. The second-order valence-corrected chi connectivity index (χ2v) is 9.14. The third kappa shape index (κ3) is 4.95. The normalized spacial score (nSPS) is 14.5. The molecule has 192 valence electrons. The molecule has 0 unspecified atom stereocenters. The summed E-state index contributed by atoms with van der Waals surface area (Å²) in [7, 11) is 1.91. The van der Waals surface area contributed by atoms with Gasteiger partial charge in [0.1, 0.15) is 22.9 Å². The van der Waals surface area contributed by atoms with Gasteiger partial charge in [-0.15, -0.1) is 0 Å². The predicted octanol–water partition coefficient (Wildman–Crippen LogP) is 4.68. The largest absolute Gasteiger partial charge is 0.401 e. The summed E-state index contributed by atoms with van der Waals surface area (Å²) in [6.07, 6.45) is 0.589. The van der Waals surface area contributed by atoms with Crippen LogP contribution in [-0.4, -0.2) is 36.8 Å². The van der Waals surface area contributed by atoms with Gasteiger partial charge in [-0.1, -0.05) is 17.3 Å². The van der Waals surface area contributed by atoms with Crippen molar-refractivity contribution < 1.29 is 26.9 Å². The summed E-state index contributed by atoms with van der Waals surface area (Å²) in [6.45, 7) is 1.90. The number of nitrogens with one attached hydrogen (secondary N) is 1. The molecule has 1 saturated carbocycles. The van der Waals surface area contributed by atoms with Crippen molar-refractivity contribution in [3.05, 3.63) is 77.3 Å². The molecule has 0 bridgehead atoms. The Bertz CT molecular complexity index is 1440. The van der Waals surface area contributed by atoms with Crippen LogP contribution in [0.25, 0.3) is 11.1 Å². The molecule has 0 aliphatic heterocycles. The first-order valence-corrected chi connectivity index (χ1v) is 11.5. The standard InChI is InChI=1S/C25H22F4N6O2/c1-14-32-18(13-35(14)2)9-21-30-11-17(12-31-21)15-3-4-16(19(26)7-15)8-23(36)33-22-10-20(37-34-22)24(5-6-24)25(27,28)29/h3-4,7,10-13H,5-6,8-9H2,1-2H3,(H,33,34,36). The van der Waals surface area contributed by atoms with Gasteiger partial charge in [-0.25, -0.2) is 19.3 Å². The van der Waals surface area contributed by atoms with E-state index in [-0.39, 0.29) is 36.4 Å². The van der Waals surface area contributed by atoms with Crippen LogP contribution in [0.4, 0.5) is 23.4 Å². The van der Waals surface area contributed by atoms with Gasteiger partial charge in [0, 0.05) is 37.3 Å². The summed E-state index contributed by atoms with van der Waals surface area (Å²) in [5.74, 6) is -0.277. The van der Waals surface area contributed by atoms with Crippen molar-refractivity contribution in [3.8, 4) is 11.1 Å². The van der Waals surface area contributed by atoms with Crippen LogP contribution in [0.3, 0.4) is 0 Å². The number of aryl methyl sites for hydroxylation is 2. The smallest absolute Gasteiger partial charge is 0.358 e. The molecule has 0 saturated heterocycles. The fourth-order valence-corrected chi connectivity index (χ4v) is 4.06. The highest BCUT2D eigenvalue weighted by molar-refractivity contribution is 5.91. The van der Waals surface area contributed by atoms with E-state index >= 15 is 0 Å². The van der Waals surface area contributed by atoms with E-state index in [9.17, 15) is 22.4 Å². The lowest BCUT2D eigenvalue weighted by Crippen LogP contribution is -2.28. The Morgan fingerprint density at radius 1 is 1.16 bits per heavy atom. The molecule has 37 heavy (non-hydrogen) atoms. The Morgan fingerprint density at radius 3 is 2.49 bits per heavy atom. The number of amides is 1. The molecule has 4 aromatic rings. The number of aromatic nitrogens is 5. The van der Waals surface area contributed by atoms with Gasteiger partial charge >= 0.3 is 6.18 Å². The van der Waals surface area contributed by atoms with Gasteiger partial charge in [0.25, 0.3) is 0 Å². The number of imidazole rings is 1. The minimum Gasteiger partial charge on any atom is -0.358 e. The molecular weight excluding hydrogens is 492 g/mol. The quantitative estimate of drug-likeness (QED) is 0.360. The van der Waals surface area contributed by atoms with Crippen molar-refractivity contribution in [2.45, 2.75) is 44.2 Å². The molecule has 1 aliphatic rings. The topological polar surface area (TPSA) is 98.7 Å². The predicted molar refractivity (Wildman–Crippen MR) is 124 cm³/mol. The maximum absolute atomic E-state index is 14.8. The van der Waals surface area contributed by atoms with Crippen molar-refractivity contribution in [2.24, 2.45) is 7.05 Å². The fraction of sp³-hybridized carbons (Fsp3) is 0.320. The van der Waals surface area contributed by atoms with Crippen molar-refractivity contribution in [1.82, 2.24) is 24.7 Å². The van der Waals surface area contributed by atoms with E-state index in [0.29, 0.717) is 23.4 Å². The van der Waals surface area contributed by atoms with Gasteiger partial charge in [0.15, 0.2) is 11.6 Å². The van der Waals surface area contributed by atoms with Gasteiger partial charge < -0.3 is 14.4 Å². The van der Waals surface area contributed by atoms with Crippen LogP contribution in [0.15, 0.2) is 47.4 Å². The number of benzene rings is 1. The first-order valence-electron chi connectivity index (χ1n) is 11.5. The van der Waals surface area contributed by atoms with Crippen LogP contribution in [0.5, 0.6) is 0 Å². The van der Waals surface area contributed by atoms with Gasteiger partial charge in [-0.2, -0.15) is 13.2 Å². The average molecular weight is 514 g/mol. The Kier molecular flexibility index (Phi) is 6.04. The molecule has 1 fully saturated rings. The number of nitrogens with zero attached hydrogens (tertiary/aromatic N) is 5. The van der Waals surface area contributed by atoms with Crippen molar-refractivity contribution >= 4 is 11.7 Å². The van der Waals surface area contributed by atoms with Gasteiger partial charge in [0.05, 0.1) is 18.5 Å². The Hall–Kier alpha value is -4.09. The molecular formula is C25H22F4N6O2. The van der Waals surface area contributed by atoms with Crippen molar-refractivity contribution in [1.29, 1.82) is 0 Å². The maximum Gasteiger partial charge on any atom is 0.401 e. The third-order valence-corrected chi connectivity index (χ3v) is 6.48. The van der Waals surface area contributed by atoms with E-state index in [2.05, 4.69) is 25.4 Å². The second-order valence-electron chi connectivity index (χ2n) is 9.14. The molecule has 0 atom stereocenters. The number of halogens is 4. The lowest BCUT2D eigenvalue weighted by Gasteiger charge is -2.14. The van der Waals surface area contributed by atoms with E-state index in [1.54, 1.807) is 18.5 Å². The summed E-state index contributed by atoms with van der Waals surface area (Å²) in [4.78, 5) is 25.5. The van der Waals surface area contributed by atoms with Gasteiger partial charge in [-0.05, 0) is 37.0 Å². The molecule has 1 N–H and O–H groups in total. The van der Waals surface area contributed by atoms with E-state index in [0.717, 1.165) is 17.6 Å². The third-order valence-electron chi connectivity index (χ3n) is 6.48. The van der Waals surface area contributed by atoms with Crippen LogP contribution in [0.1, 0.15) is 41.5 Å². The summed E-state index contributed by atoms with van der Waals surface area (Å²) in [5, 5.41) is 5.88. The molecule has 5 rings (SSSR count). The second kappa shape index (κ2) is 9.09. The molecule has 1 aliphatic carbocycles. The highest BCUT2D eigenvalue weighted by atomic mass is 19.4. The molecule has 3 aromatic heterocycles. The van der Waals surface area contributed by atoms with Crippen LogP contribution in [0.2, 0.25) is 0 Å². The number of carbonyl (C=O) groups is 1. The summed E-state index contributed by atoms with van der Waals surface area (Å²) < 4.78 is 61.2. The Morgan fingerprint density at radius 2 is 1.89 bits per heavy atom. The minimum absolute atomic E-state index is 0.0890. The Balaban J connectivity index is 1.21. The highest BCUT2D eigenvalue weighted by Gasteiger charge is 2.66. The van der Waals surface area contributed by atoms with E-state index in [1.807, 2.05) is 24.7 Å². The first-order chi connectivity index (χ1) is 17.5. The van der Waals surface area contributed by atoms with Crippen LogP contribution >= 0.6 is 0 Å². The molecule has 0 spiro atoms. The van der Waals surface area contributed by atoms with Gasteiger partial charge in [-0.3, -0.25) is 4.79 Å². The monoisotopic (exact) mass is 514 g/mol. The zero-order chi connectivity index (χ0) is 26.4. The van der Waals surface area contributed by atoms with Crippen molar-refractivity contribution in [2.75, 3.05) is 5.32 Å². The molecule has 0 radical (unpaired) electrons. The number of carbonyl (C=O) groups excluding carboxylic acids is 1. The molecule has 3 heterocycles. The zero-order valence-corrected chi connectivity index (χ0v) is 19.9. The fourth-order valence-electron chi connectivity index (χ4n) is 4.06. The van der Waals surface area contributed by atoms with E-state index < -0.39 is 23.3 Å². The van der Waals surface area contributed by atoms with Crippen LogP contribution in [0, 0.1) is 12.7 Å². The molecule has 8 nitrogen and oxygen atoms in total. The highest BCUT2D eigenvalue weighted by Crippen LogP contribution is 2.59. The van der Waals surface area contributed by atoms with Crippen LogP contribution in [-0.2, 0) is 30.1 Å². The van der Waals surface area contributed by atoms with Crippen molar-refractivity contribution in [3.63, 3.8) is 0 Å². The lowest BCUT2D eigenvalue weighted by molar-refractivity contribution is -0.165.